The highest BCUT2D eigenvalue weighted by Gasteiger charge is 2.25. The Labute approximate surface area is 137 Å². The van der Waals surface area contributed by atoms with Crippen LogP contribution in [0.5, 0.6) is 0 Å². The summed E-state index contributed by atoms with van der Waals surface area (Å²) in [4.78, 5) is 14.3. The lowest BCUT2D eigenvalue weighted by Crippen LogP contribution is -2.44. The number of nitrogens with zero attached hydrogens (tertiary/aromatic N) is 1. The number of anilines is 1. The summed E-state index contributed by atoms with van der Waals surface area (Å²) in [5.74, 6) is 0. The first kappa shape index (κ1) is 15.6. The van der Waals surface area contributed by atoms with E-state index in [1.54, 1.807) is 0 Å². The van der Waals surface area contributed by atoms with Gasteiger partial charge in [-0.25, -0.2) is 4.79 Å². The minimum absolute atomic E-state index is 0.0573. The third kappa shape index (κ3) is 3.90. The van der Waals surface area contributed by atoms with E-state index in [4.69, 9.17) is 4.74 Å². The quantitative estimate of drug-likeness (QED) is 0.935. The molecule has 1 N–H and O–H groups in total. The van der Waals surface area contributed by atoms with Crippen molar-refractivity contribution in [2.45, 2.75) is 19.4 Å². The number of rotatable bonds is 3. The monoisotopic (exact) mass is 310 g/mol. The molecule has 0 aromatic heterocycles. The molecule has 1 fully saturated rings. The smallest absolute Gasteiger partial charge is 0.322 e. The molecule has 0 aliphatic carbocycles. The van der Waals surface area contributed by atoms with E-state index >= 15 is 0 Å². The summed E-state index contributed by atoms with van der Waals surface area (Å²) in [6.45, 7) is 3.86. The highest BCUT2D eigenvalue weighted by atomic mass is 16.5. The molecule has 0 bridgehead atoms. The maximum atomic E-state index is 12.5. The Bertz CT molecular complexity index is 640. The zero-order chi connectivity index (χ0) is 16.1. The summed E-state index contributed by atoms with van der Waals surface area (Å²) in [7, 11) is 0. The summed E-state index contributed by atoms with van der Waals surface area (Å²) in [5.41, 5.74) is 3.20. The predicted octanol–water partition coefficient (Wildman–Crippen LogP) is 3.85. The van der Waals surface area contributed by atoms with Crippen molar-refractivity contribution < 1.29 is 9.53 Å². The van der Waals surface area contributed by atoms with Gasteiger partial charge >= 0.3 is 6.03 Å². The third-order valence-electron chi connectivity index (χ3n) is 4.14. The molecule has 1 saturated heterocycles. The number of ether oxygens (including phenoxy) is 1. The molecule has 0 radical (unpaired) electrons. The molecule has 4 heteroatoms. The van der Waals surface area contributed by atoms with Gasteiger partial charge in [0.15, 0.2) is 0 Å². The van der Waals surface area contributed by atoms with Gasteiger partial charge in [-0.1, -0.05) is 49.4 Å². The van der Waals surface area contributed by atoms with Gasteiger partial charge in [0, 0.05) is 12.2 Å². The van der Waals surface area contributed by atoms with E-state index in [9.17, 15) is 4.79 Å². The number of benzene rings is 2. The lowest BCUT2D eigenvalue weighted by molar-refractivity contribution is -0.0135. The van der Waals surface area contributed by atoms with Crippen LogP contribution in [0.4, 0.5) is 10.5 Å². The molecule has 0 saturated carbocycles. The van der Waals surface area contributed by atoms with Gasteiger partial charge in [0.05, 0.1) is 13.2 Å². The van der Waals surface area contributed by atoms with Crippen molar-refractivity contribution in [1.29, 1.82) is 0 Å². The third-order valence-corrected chi connectivity index (χ3v) is 4.14. The lowest BCUT2D eigenvalue weighted by atomic mass is 10.1. The maximum Gasteiger partial charge on any atom is 0.322 e. The number of amides is 2. The van der Waals surface area contributed by atoms with E-state index in [2.05, 4.69) is 12.2 Å². The Balaban J connectivity index is 1.62. The van der Waals surface area contributed by atoms with Gasteiger partial charge in [-0.15, -0.1) is 0 Å². The number of hydrogen-bond donors (Lipinski definition) is 1. The van der Waals surface area contributed by atoms with Gasteiger partial charge in [0.1, 0.15) is 6.10 Å². The Morgan fingerprint density at radius 1 is 1.17 bits per heavy atom. The number of carbonyl (C=O) groups is 1. The first-order chi connectivity index (χ1) is 11.3. The van der Waals surface area contributed by atoms with Gasteiger partial charge in [0.2, 0.25) is 0 Å². The Morgan fingerprint density at radius 3 is 2.61 bits per heavy atom. The largest absolute Gasteiger partial charge is 0.370 e. The fourth-order valence-electron chi connectivity index (χ4n) is 2.73. The van der Waals surface area contributed by atoms with Crippen molar-refractivity contribution in [3.05, 3.63) is 65.7 Å². The fraction of sp³-hybridized carbons (Fsp3) is 0.316. The molecule has 2 aromatic rings. The molecule has 4 nitrogen and oxygen atoms in total. The van der Waals surface area contributed by atoms with Crippen LogP contribution in [0.25, 0.3) is 0 Å². The van der Waals surface area contributed by atoms with E-state index in [-0.39, 0.29) is 12.1 Å². The average Bonchev–Trinajstić information content (AvgIpc) is 2.63. The molecule has 23 heavy (non-hydrogen) atoms. The lowest BCUT2D eigenvalue weighted by Gasteiger charge is -2.33. The van der Waals surface area contributed by atoms with E-state index < -0.39 is 0 Å². The SMILES string of the molecule is CCc1ccc(NC(=O)N2CCOC(c3ccccc3)C2)cc1. The first-order valence-electron chi connectivity index (χ1n) is 8.07. The minimum atomic E-state index is -0.0709. The molecule has 1 aliphatic heterocycles. The zero-order valence-electron chi connectivity index (χ0n) is 13.4. The van der Waals surface area contributed by atoms with Crippen LogP contribution >= 0.6 is 0 Å². The van der Waals surface area contributed by atoms with Crippen molar-refractivity contribution >= 4 is 11.7 Å². The second-order valence-corrected chi connectivity index (χ2v) is 5.70. The number of carbonyl (C=O) groups excluding carboxylic acids is 1. The van der Waals surface area contributed by atoms with Crippen molar-refractivity contribution in [1.82, 2.24) is 4.90 Å². The maximum absolute atomic E-state index is 12.5. The Kier molecular flexibility index (Phi) is 4.93. The van der Waals surface area contributed by atoms with E-state index in [0.717, 1.165) is 17.7 Å². The van der Waals surface area contributed by atoms with Crippen molar-refractivity contribution in [3.8, 4) is 0 Å². The molecule has 1 aliphatic rings. The van der Waals surface area contributed by atoms with Gasteiger partial charge < -0.3 is 15.0 Å². The molecule has 2 aromatic carbocycles. The number of urea groups is 1. The Morgan fingerprint density at radius 2 is 1.91 bits per heavy atom. The Hall–Kier alpha value is -2.33. The molecule has 0 spiro atoms. The van der Waals surface area contributed by atoms with Gasteiger partial charge in [-0.3, -0.25) is 0 Å². The van der Waals surface area contributed by atoms with Gasteiger partial charge in [-0.05, 0) is 29.7 Å². The number of hydrogen-bond acceptors (Lipinski definition) is 2. The van der Waals surface area contributed by atoms with Crippen LogP contribution in [0.15, 0.2) is 54.6 Å². The number of morpholine rings is 1. The number of nitrogens with one attached hydrogen (secondary N) is 1. The number of aryl methyl sites for hydroxylation is 1. The predicted molar refractivity (Wildman–Crippen MR) is 91.5 cm³/mol. The molecule has 120 valence electrons. The van der Waals surface area contributed by atoms with Gasteiger partial charge in [-0.2, -0.15) is 0 Å². The highest BCUT2D eigenvalue weighted by Crippen LogP contribution is 2.22. The van der Waals surface area contributed by atoms with Gasteiger partial charge in [0.25, 0.3) is 0 Å². The second-order valence-electron chi connectivity index (χ2n) is 5.70. The second kappa shape index (κ2) is 7.29. The zero-order valence-corrected chi connectivity index (χ0v) is 13.4. The molecular weight excluding hydrogens is 288 g/mol. The molecule has 1 heterocycles. The van der Waals surface area contributed by atoms with Crippen LogP contribution in [0.1, 0.15) is 24.2 Å². The van der Waals surface area contributed by atoms with E-state index in [0.29, 0.717) is 19.7 Å². The summed E-state index contributed by atoms with van der Waals surface area (Å²) >= 11 is 0. The molecule has 1 atom stereocenters. The van der Waals surface area contributed by atoms with Crippen LogP contribution in [-0.4, -0.2) is 30.6 Å². The van der Waals surface area contributed by atoms with Crippen LogP contribution in [0.3, 0.4) is 0 Å². The van der Waals surface area contributed by atoms with Crippen molar-refractivity contribution in [2.75, 3.05) is 25.0 Å². The summed E-state index contributed by atoms with van der Waals surface area (Å²) < 4.78 is 5.80. The van der Waals surface area contributed by atoms with E-state index in [1.807, 2.05) is 59.5 Å². The fourth-order valence-corrected chi connectivity index (χ4v) is 2.73. The summed E-state index contributed by atoms with van der Waals surface area (Å²) in [5, 5.41) is 2.97. The van der Waals surface area contributed by atoms with Crippen molar-refractivity contribution in [2.24, 2.45) is 0 Å². The molecule has 1 unspecified atom stereocenters. The highest BCUT2D eigenvalue weighted by molar-refractivity contribution is 5.89. The van der Waals surface area contributed by atoms with Crippen LogP contribution < -0.4 is 5.32 Å². The first-order valence-corrected chi connectivity index (χ1v) is 8.07. The molecule has 3 rings (SSSR count). The summed E-state index contributed by atoms with van der Waals surface area (Å²) in [6.07, 6.45) is 0.939. The van der Waals surface area contributed by atoms with Crippen LogP contribution in [0.2, 0.25) is 0 Å². The minimum Gasteiger partial charge on any atom is -0.370 e. The standard InChI is InChI=1S/C19H22N2O2/c1-2-15-8-10-17(11-9-15)20-19(22)21-12-13-23-18(14-21)16-6-4-3-5-7-16/h3-11,18H,2,12-14H2,1H3,(H,20,22). The topological polar surface area (TPSA) is 41.6 Å². The van der Waals surface area contributed by atoms with Crippen LogP contribution in [0, 0.1) is 0 Å². The van der Waals surface area contributed by atoms with Crippen LogP contribution in [-0.2, 0) is 11.2 Å². The summed E-state index contributed by atoms with van der Waals surface area (Å²) in [6, 6.07) is 18.0. The van der Waals surface area contributed by atoms with Crippen molar-refractivity contribution in [3.63, 3.8) is 0 Å². The van der Waals surface area contributed by atoms with E-state index in [1.165, 1.54) is 5.56 Å². The molecule has 2 amide bonds. The average molecular weight is 310 g/mol. The normalized spacial score (nSPS) is 17.8. The molecular formula is C19H22N2O2.